The SMILES string of the molecule is NC(=O)C1(NC(=O)[C@@H]2Cc3ccccc3CN2C(=O)C[C@H](N)Cc2ccccc2F)CC1. The molecule has 1 fully saturated rings. The maximum absolute atomic E-state index is 14.0. The molecule has 2 aliphatic rings. The normalized spacial score (nSPS) is 19.6. The van der Waals surface area contributed by atoms with Gasteiger partial charge in [0.15, 0.2) is 0 Å². The van der Waals surface area contributed by atoms with Gasteiger partial charge in [-0.15, -0.1) is 0 Å². The number of carbonyl (C=O) groups is 3. The van der Waals surface area contributed by atoms with Crippen LogP contribution in [0.2, 0.25) is 0 Å². The Kier molecular flexibility index (Phi) is 5.97. The molecule has 1 heterocycles. The van der Waals surface area contributed by atoms with Crippen molar-refractivity contribution in [2.75, 3.05) is 0 Å². The number of nitrogens with two attached hydrogens (primary N) is 2. The summed E-state index contributed by atoms with van der Waals surface area (Å²) >= 11 is 0. The molecule has 168 valence electrons. The first-order valence-electron chi connectivity index (χ1n) is 10.8. The lowest BCUT2D eigenvalue weighted by atomic mass is 9.92. The summed E-state index contributed by atoms with van der Waals surface area (Å²) < 4.78 is 14.0. The van der Waals surface area contributed by atoms with Gasteiger partial charge in [-0.25, -0.2) is 4.39 Å². The van der Waals surface area contributed by atoms with Crippen LogP contribution >= 0.6 is 0 Å². The summed E-state index contributed by atoms with van der Waals surface area (Å²) in [6, 6.07) is 12.6. The Morgan fingerprint density at radius 3 is 2.41 bits per heavy atom. The Morgan fingerprint density at radius 2 is 1.75 bits per heavy atom. The Balaban J connectivity index is 1.50. The molecule has 0 aromatic heterocycles. The number of halogens is 1. The Labute approximate surface area is 185 Å². The molecule has 0 saturated heterocycles. The molecule has 32 heavy (non-hydrogen) atoms. The number of hydrogen-bond acceptors (Lipinski definition) is 4. The third kappa shape index (κ3) is 4.50. The number of carbonyl (C=O) groups excluding carboxylic acids is 3. The number of fused-ring (bicyclic) bond motifs is 1. The van der Waals surface area contributed by atoms with E-state index in [1.165, 1.54) is 11.0 Å². The maximum Gasteiger partial charge on any atom is 0.244 e. The van der Waals surface area contributed by atoms with Crippen LogP contribution in [0.15, 0.2) is 48.5 Å². The second-order valence-corrected chi connectivity index (χ2v) is 8.71. The molecule has 1 aliphatic carbocycles. The van der Waals surface area contributed by atoms with Gasteiger partial charge in [-0.3, -0.25) is 14.4 Å². The molecule has 0 spiro atoms. The van der Waals surface area contributed by atoms with Gasteiger partial charge in [0.2, 0.25) is 17.7 Å². The average molecular weight is 439 g/mol. The molecule has 1 aliphatic heterocycles. The van der Waals surface area contributed by atoms with Crippen LogP contribution in [0.4, 0.5) is 4.39 Å². The van der Waals surface area contributed by atoms with E-state index in [4.69, 9.17) is 11.5 Å². The van der Waals surface area contributed by atoms with Gasteiger partial charge in [0.25, 0.3) is 0 Å². The van der Waals surface area contributed by atoms with Crippen molar-refractivity contribution >= 4 is 17.7 Å². The van der Waals surface area contributed by atoms with Crippen LogP contribution in [0.3, 0.4) is 0 Å². The van der Waals surface area contributed by atoms with Gasteiger partial charge in [0, 0.05) is 25.4 Å². The minimum absolute atomic E-state index is 0.0265. The van der Waals surface area contributed by atoms with Gasteiger partial charge in [0.1, 0.15) is 17.4 Å². The van der Waals surface area contributed by atoms with E-state index >= 15 is 0 Å². The summed E-state index contributed by atoms with van der Waals surface area (Å²) in [6.07, 6.45) is 1.52. The van der Waals surface area contributed by atoms with Gasteiger partial charge in [-0.2, -0.15) is 0 Å². The van der Waals surface area contributed by atoms with Crippen LogP contribution in [0, 0.1) is 5.82 Å². The molecule has 2 atom stereocenters. The van der Waals surface area contributed by atoms with Crippen LogP contribution in [0.5, 0.6) is 0 Å². The zero-order valence-electron chi connectivity index (χ0n) is 17.7. The molecular weight excluding hydrogens is 411 g/mol. The second-order valence-electron chi connectivity index (χ2n) is 8.71. The maximum atomic E-state index is 14.0. The summed E-state index contributed by atoms with van der Waals surface area (Å²) in [7, 11) is 0. The zero-order chi connectivity index (χ0) is 22.9. The van der Waals surface area contributed by atoms with Crippen molar-refractivity contribution in [2.24, 2.45) is 11.5 Å². The third-order valence-electron chi connectivity index (χ3n) is 6.33. The quantitative estimate of drug-likeness (QED) is 0.601. The van der Waals surface area contributed by atoms with E-state index in [0.717, 1.165) is 11.1 Å². The summed E-state index contributed by atoms with van der Waals surface area (Å²) in [6.45, 7) is 0.267. The van der Waals surface area contributed by atoms with E-state index < -0.39 is 29.4 Å². The number of primary amides is 1. The van der Waals surface area contributed by atoms with E-state index in [2.05, 4.69) is 5.32 Å². The molecule has 5 N–H and O–H groups in total. The summed E-state index contributed by atoms with van der Waals surface area (Å²) in [5, 5.41) is 2.76. The predicted octanol–water partition coefficient (Wildman–Crippen LogP) is 1.17. The smallest absolute Gasteiger partial charge is 0.244 e. The molecule has 8 heteroatoms. The number of nitrogens with zero attached hydrogens (tertiary/aromatic N) is 1. The van der Waals surface area contributed by atoms with E-state index in [-0.39, 0.29) is 31.1 Å². The summed E-state index contributed by atoms with van der Waals surface area (Å²) in [5.74, 6) is -1.60. The molecule has 0 bridgehead atoms. The monoisotopic (exact) mass is 438 g/mol. The largest absolute Gasteiger partial charge is 0.368 e. The van der Waals surface area contributed by atoms with Crippen molar-refractivity contribution in [3.8, 4) is 0 Å². The van der Waals surface area contributed by atoms with Crippen LogP contribution < -0.4 is 16.8 Å². The molecule has 4 rings (SSSR count). The highest BCUT2D eigenvalue weighted by Crippen LogP contribution is 2.35. The van der Waals surface area contributed by atoms with Gasteiger partial charge in [-0.1, -0.05) is 42.5 Å². The summed E-state index contributed by atoms with van der Waals surface area (Å²) in [4.78, 5) is 39.6. The molecule has 2 aromatic rings. The highest BCUT2D eigenvalue weighted by atomic mass is 19.1. The van der Waals surface area contributed by atoms with Crippen LogP contribution in [-0.4, -0.2) is 40.2 Å². The standard InChI is InChI=1S/C24H27FN4O3/c25-19-8-4-3-6-16(19)11-18(26)13-21(30)29-14-17-7-2-1-5-15(17)12-20(29)22(31)28-24(9-10-24)23(27)32/h1-8,18,20H,9-14,26H2,(H2,27,32)(H,28,31)/t18-,20+/m1/s1. The van der Waals surface area contributed by atoms with Gasteiger partial charge in [-0.05, 0) is 42.0 Å². The highest BCUT2D eigenvalue weighted by Gasteiger charge is 2.51. The molecular formula is C24H27FN4O3. The van der Waals surface area contributed by atoms with Crippen molar-refractivity contribution in [3.63, 3.8) is 0 Å². The number of rotatable bonds is 7. The number of nitrogens with one attached hydrogen (secondary N) is 1. The van der Waals surface area contributed by atoms with E-state index in [1.54, 1.807) is 18.2 Å². The van der Waals surface area contributed by atoms with Crippen molar-refractivity contribution in [3.05, 3.63) is 71.0 Å². The van der Waals surface area contributed by atoms with Crippen molar-refractivity contribution < 1.29 is 18.8 Å². The molecule has 2 aromatic carbocycles. The lowest BCUT2D eigenvalue weighted by Gasteiger charge is -2.37. The molecule has 3 amide bonds. The predicted molar refractivity (Wildman–Crippen MR) is 116 cm³/mol. The topological polar surface area (TPSA) is 119 Å². The van der Waals surface area contributed by atoms with Crippen LogP contribution in [0.25, 0.3) is 0 Å². The third-order valence-corrected chi connectivity index (χ3v) is 6.33. The van der Waals surface area contributed by atoms with Crippen molar-refractivity contribution in [1.82, 2.24) is 10.2 Å². The van der Waals surface area contributed by atoms with E-state index in [1.807, 2.05) is 24.3 Å². The highest BCUT2D eigenvalue weighted by molar-refractivity contribution is 5.96. The average Bonchev–Trinajstić information content (AvgIpc) is 3.55. The van der Waals surface area contributed by atoms with Crippen molar-refractivity contribution in [1.29, 1.82) is 0 Å². The number of benzene rings is 2. The fraction of sp³-hybridized carbons (Fsp3) is 0.375. The van der Waals surface area contributed by atoms with Crippen molar-refractivity contribution in [2.45, 2.75) is 56.3 Å². The first kappa shape index (κ1) is 22.0. The molecule has 0 radical (unpaired) electrons. The molecule has 0 unspecified atom stereocenters. The Hall–Kier alpha value is -3.26. The Bertz CT molecular complexity index is 1050. The Morgan fingerprint density at radius 1 is 1.09 bits per heavy atom. The lowest BCUT2D eigenvalue weighted by molar-refractivity contribution is -0.143. The zero-order valence-corrected chi connectivity index (χ0v) is 17.7. The minimum Gasteiger partial charge on any atom is -0.368 e. The van der Waals surface area contributed by atoms with E-state index in [9.17, 15) is 18.8 Å². The van der Waals surface area contributed by atoms with Crippen LogP contribution in [-0.2, 0) is 33.8 Å². The van der Waals surface area contributed by atoms with Crippen LogP contribution in [0.1, 0.15) is 36.0 Å². The lowest BCUT2D eigenvalue weighted by Crippen LogP contribution is -2.57. The fourth-order valence-electron chi connectivity index (χ4n) is 4.26. The summed E-state index contributed by atoms with van der Waals surface area (Å²) in [5.41, 5.74) is 13.0. The van der Waals surface area contributed by atoms with E-state index in [0.29, 0.717) is 24.8 Å². The number of amides is 3. The first-order valence-corrected chi connectivity index (χ1v) is 10.8. The fourth-order valence-corrected chi connectivity index (χ4v) is 4.26. The molecule has 7 nitrogen and oxygen atoms in total. The van der Waals surface area contributed by atoms with Gasteiger partial charge >= 0.3 is 0 Å². The van der Waals surface area contributed by atoms with Gasteiger partial charge < -0.3 is 21.7 Å². The molecule has 1 saturated carbocycles. The van der Waals surface area contributed by atoms with Gasteiger partial charge in [0.05, 0.1) is 0 Å². The minimum atomic E-state index is -1.01. The second kappa shape index (κ2) is 8.70. The number of hydrogen-bond donors (Lipinski definition) is 3. The first-order chi connectivity index (χ1) is 15.3.